The average Bonchev–Trinajstić information content (AvgIpc) is 2.97. The van der Waals surface area contributed by atoms with E-state index in [9.17, 15) is 9.59 Å². The van der Waals surface area contributed by atoms with Gasteiger partial charge >= 0.3 is 12.0 Å². The van der Waals surface area contributed by atoms with Crippen molar-refractivity contribution < 1.29 is 14.3 Å². The number of nitrogens with zero attached hydrogens (tertiary/aromatic N) is 1. The zero-order chi connectivity index (χ0) is 14.9. The van der Waals surface area contributed by atoms with Gasteiger partial charge in [-0.05, 0) is 44.2 Å². The minimum atomic E-state index is -0.287. The maximum absolute atomic E-state index is 11.6. The number of anilines is 1. The van der Waals surface area contributed by atoms with E-state index in [0.717, 1.165) is 25.7 Å². The second kappa shape index (κ2) is 8.24. The first-order chi connectivity index (χ1) is 10.2. The SMILES string of the molecule is O=C(NCCCC(=O)OC1CCCC1)Nc1ccncc1. The van der Waals surface area contributed by atoms with Crippen molar-refractivity contribution in [1.29, 1.82) is 0 Å². The van der Waals surface area contributed by atoms with Crippen LogP contribution in [0.25, 0.3) is 0 Å². The van der Waals surface area contributed by atoms with E-state index in [1.165, 1.54) is 0 Å². The molecule has 0 bridgehead atoms. The van der Waals surface area contributed by atoms with Crippen LogP contribution in [0.5, 0.6) is 0 Å². The topological polar surface area (TPSA) is 80.3 Å². The van der Waals surface area contributed by atoms with Crippen molar-refractivity contribution in [2.45, 2.75) is 44.6 Å². The molecule has 1 fully saturated rings. The van der Waals surface area contributed by atoms with Gasteiger partial charge in [0.2, 0.25) is 0 Å². The molecular formula is C15H21N3O3. The van der Waals surface area contributed by atoms with Gasteiger partial charge in [-0.1, -0.05) is 0 Å². The second-order valence-electron chi connectivity index (χ2n) is 5.12. The second-order valence-corrected chi connectivity index (χ2v) is 5.12. The summed E-state index contributed by atoms with van der Waals surface area (Å²) in [4.78, 5) is 27.0. The number of nitrogens with one attached hydrogen (secondary N) is 2. The van der Waals surface area contributed by atoms with Crippen molar-refractivity contribution >= 4 is 17.7 Å². The Morgan fingerprint density at radius 1 is 1.24 bits per heavy atom. The standard InChI is InChI=1S/C15H21N3O3/c19-14(21-13-4-1-2-5-13)6-3-9-17-15(20)18-12-7-10-16-11-8-12/h7-8,10-11,13H,1-6,9H2,(H2,16,17,18,20). The number of ether oxygens (including phenoxy) is 1. The molecule has 0 atom stereocenters. The third-order valence-electron chi connectivity index (χ3n) is 3.38. The summed E-state index contributed by atoms with van der Waals surface area (Å²) in [5.74, 6) is -0.168. The van der Waals surface area contributed by atoms with Gasteiger partial charge in [-0.15, -0.1) is 0 Å². The van der Waals surface area contributed by atoms with Crippen LogP contribution in [0.3, 0.4) is 0 Å². The molecule has 1 saturated carbocycles. The minimum absolute atomic E-state index is 0.112. The number of urea groups is 1. The lowest BCUT2D eigenvalue weighted by atomic mass is 10.3. The normalized spacial score (nSPS) is 14.7. The quantitative estimate of drug-likeness (QED) is 0.623. The molecule has 6 nitrogen and oxygen atoms in total. The van der Waals surface area contributed by atoms with Gasteiger partial charge in [0.1, 0.15) is 6.10 Å². The highest BCUT2D eigenvalue weighted by atomic mass is 16.5. The fourth-order valence-corrected chi connectivity index (χ4v) is 2.30. The molecule has 0 unspecified atom stereocenters. The highest BCUT2D eigenvalue weighted by Crippen LogP contribution is 2.21. The fourth-order valence-electron chi connectivity index (χ4n) is 2.30. The van der Waals surface area contributed by atoms with Crippen molar-refractivity contribution in [2.24, 2.45) is 0 Å². The van der Waals surface area contributed by atoms with E-state index in [-0.39, 0.29) is 18.1 Å². The molecule has 0 spiro atoms. The molecule has 2 N–H and O–H groups in total. The zero-order valence-electron chi connectivity index (χ0n) is 12.0. The van der Waals surface area contributed by atoms with Crippen molar-refractivity contribution in [3.63, 3.8) is 0 Å². The Kier molecular flexibility index (Phi) is 5.99. The number of esters is 1. The highest BCUT2D eigenvalue weighted by molar-refractivity contribution is 5.89. The van der Waals surface area contributed by atoms with Gasteiger partial charge in [0, 0.05) is 31.0 Å². The van der Waals surface area contributed by atoms with Crippen molar-refractivity contribution in [3.8, 4) is 0 Å². The molecule has 0 radical (unpaired) electrons. The summed E-state index contributed by atoms with van der Waals surface area (Å²) in [7, 11) is 0. The maximum Gasteiger partial charge on any atom is 0.319 e. The summed E-state index contributed by atoms with van der Waals surface area (Å²) in [6, 6.07) is 3.13. The third kappa shape index (κ3) is 5.81. The summed E-state index contributed by atoms with van der Waals surface area (Å²) in [6.45, 7) is 0.441. The lowest BCUT2D eigenvalue weighted by molar-refractivity contribution is -0.148. The third-order valence-corrected chi connectivity index (χ3v) is 3.38. The Bertz CT molecular complexity index is 458. The first-order valence-corrected chi connectivity index (χ1v) is 7.38. The summed E-state index contributed by atoms with van der Waals surface area (Å²) < 4.78 is 5.34. The van der Waals surface area contributed by atoms with Gasteiger partial charge in [0.15, 0.2) is 0 Å². The van der Waals surface area contributed by atoms with Crippen molar-refractivity contribution in [3.05, 3.63) is 24.5 Å². The molecule has 1 heterocycles. The highest BCUT2D eigenvalue weighted by Gasteiger charge is 2.18. The van der Waals surface area contributed by atoms with Gasteiger partial charge in [-0.3, -0.25) is 9.78 Å². The minimum Gasteiger partial charge on any atom is -0.462 e. The molecule has 1 aromatic heterocycles. The summed E-state index contributed by atoms with van der Waals surface area (Å²) in [5.41, 5.74) is 0.683. The molecule has 2 amide bonds. The molecule has 6 heteroatoms. The maximum atomic E-state index is 11.6. The molecule has 0 aliphatic heterocycles. The summed E-state index contributed by atoms with van der Waals surface area (Å²) in [5, 5.41) is 5.38. The number of pyridine rings is 1. The number of aromatic nitrogens is 1. The number of hydrogen-bond donors (Lipinski definition) is 2. The van der Waals surface area contributed by atoms with Crippen LogP contribution in [-0.4, -0.2) is 29.6 Å². The van der Waals surface area contributed by atoms with E-state index < -0.39 is 0 Å². The van der Waals surface area contributed by atoms with Gasteiger partial charge in [-0.25, -0.2) is 4.79 Å². The Morgan fingerprint density at radius 2 is 1.95 bits per heavy atom. The van der Waals surface area contributed by atoms with Gasteiger partial charge in [0.05, 0.1) is 0 Å². The predicted octanol–water partition coefficient (Wildman–Crippen LogP) is 2.47. The Labute approximate surface area is 124 Å². The first kappa shape index (κ1) is 15.3. The molecule has 21 heavy (non-hydrogen) atoms. The van der Waals surface area contributed by atoms with Crippen LogP contribution in [0, 0.1) is 0 Å². The zero-order valence-corrected chi connectivity index (χ0v) is 12.0. The van der Waals surface area contributed by atoms with E-state index in [2.05, 4.69) is 15.6 Å². The molecular weight excluding hydrogens is 270 g/mol. The average molecular weight is 291 g/mol. The number of rotatable bonds is 6. The van der Waals surface area contributed by atoms with Crippen LogP contribution in [-0.2, 0) is 9.53 Å². The van der Waals surface area contributed by atoms with E-state index in [1.807, 2.05) is 0 Å². The number of carbonyl (C=O) groups is 2. The number of amides is 2. The van der Waals surface area contributed by atoms with E-state index in [4.69, 9.17) is 4.74 Å². The monoisotopic (exact) mass is 291 g/mol. The molecule has 1 aliphatic carbocycles. The van der Waals surface area contributed by atoms with Gasteiger partial charge in [0.25, 0.3) is 0 Å². The Hall–Kier alpha value is -2.11. The van der Waals surface area contributed by atoms with E-state index >= 15 is 0 Å². The Balaban J connectivity index is 1.54. The Morgan fingerprint density at radius 3 is 2.67 bits per heavy atom. The fraction of sp³-hybridized carbons (Fsp3) is 0.533. The number of hydrogen-bond acceptors (Lipinski definition) is 4. The van der Waals surface area contributed by atoms with Gasteiger partial charge in [-0.2, -0.15) is 0 Å². The lowest BCUT2D eigenvalue weighted by Gasteiger charge is -2.11. The molecule has 2 rings (SSSR count). The number of carbonyl (C=O) groups excluding carboxylic acids is 2. The lowest BCUT2D eigenvalue weighted by Crippen LogP contribution is -2.30. The molecule has 1 aliphatic rings. The summed E-state index contributed by atoms with van der Waals surface area (Å²) >= 11 is 0. The van der Waals surface area contributed by atoms with Crippen LogP contribution >= 0.6 is 0 Å². The molecule has 114 valence electrons. The van der Waals surface area contributed by atoms with Crippen LogP contribution in [0.1, 0.15) is 38.5 Å². The molecule has 0 aromatic carbocycles. The molecule has 1 aromatic rings. The van der Waals surface area contributed by atoms with Crippen LogP contribution in [0.15, 0.2) is 24.5 Å². The van der Waals surface area contributed by atoms with Crippen LogP contribution in [0.4, 0.5) is 10.5 Å². The van der Waals surface area contributed by atoms with Crippen LogP contribution < -0.4 is 10.6 Å². The largest absolute Gasteiger partial charge is 0.462 e. The predicted molar refractivity (Wildman–Crippen MR) is 78.8 cm³/mol. The van der Waals surface area contributed by atoms with Crippen molar-refractivity contribution in [2.75, 3.05) is 11.9 Å². The smallest absolute Gasteiger partial charge is 0.319 e. The van der Waals surface area contributed by atoms with Crippen molar-refractivity contribution in [1.82, 2.24) is 10.3 Å². The van der Waals surface area contributed by atoms with E-state index in [0.29, 0.717) is 25.1 Å². The first-order valence-electron chi connectivity index (χ1n) is 7.38. The van der Waals surface area contributed by atoms with Gasteiger partial charge < -0.3 is 15.4 Å². The van der Waals surface area contributed by atoms with E-state index in [1.54, 1.807) is 24.5 Å². The summed E-state index contributed by atoms with van der Waals surface area (Å²) in [6.07, 6.45) is 8.51. The van der Waals surface area contributed by atoms with Crippen LogP contribution in [0.2, 0.25) is 0 Å². The molecule has 0 saturated heterocycles.